The molecule has 2 aliphatic rings. The summed E-state index contributed by atoms with van der Waals surface area (Å²) >= 11 is 0. The van der Waals surface area contributed by atoms with Crippen molar-refractivity contribution in [3.05, 3.63) is 34.7 Å². The molecule has 2 saturated heterocycles. The van der Waals surface area contributed by atoms with Gasteiger partial charge in [0.15, 0.2) is 0 Å². The molecule has 6 heteroatoms. The van der Waals surface area contributed by atoms with Gasteiger partial charge in [0, 0.05) is 37.8 Å². The molecule has 1 aromatic carbocycles. The fraction of sp³-hybridized carbons (Fsp3) is 0.652. The van der Waals surface area contributed by atoms with Crippen molar-refractivity contribution >= 4 is 16.9 Å². The fourth-order valence-corrected chi connectivity index (χ4v) is 5.46. The Morgan fingerprint density at radius 2 is 1.69 bits per heavy atom. The summed E-state index contributed by atoms with van der Waals surface area (Å²) < 4.78 is 3.47. The maximum absolute atomic E-state index is 13.2. The summed E-state index contributed by atoms with van der Waals surface area (Å²) in [7, 11) is 0. The average molecular weight is 399 g/mol. The number of para-hydroxylation sites is 2. The zero-order valence-electron chi connectivity index (χ0n) is 18.0. The van der Waals surface area contributed by atoms with Gasteiger partial charge < -0.3 is 4.90 Å². The van der Waals surface area contributed by atoms with E-state index in [4.69, 9.17) is 0 Å². The Bertz CT molecular complexity index is 921. The third kappa shape index (κ3) is 3.75. The smallest absolute Gasteiger partial charge is 0.329 e. The van der Waals surface area contributed by atoms with E-state index in [1.165, 1.54) is 12.8 Å². The van der Waals surface area contributed by atoms with E-state index < -0.39 is 0 Å². The molecule has 158 valence electrons. The monoisotopic (exact) mass is 398 g/mol. The maximum Gasteiger partial charge on any atom is 0.329 e. The number of likely N-dealkylation sites (tertiary alicyclic amines) is 2. The molecule has 2 aromatic rings. The highest BCUT2D eigenvalue weighted by Crippen LogP contribution is 2.30. The number of aromatic nitrogens is 2. The highest BCUT2D eigenvalue weighted by atomic mass is 16.2. The van der Waals surface area contributed by atoms with Gasteiger partial charge in [-0.3, -0.25) is 18.8 Å². The number of hydrogen-bond acceptors (Lipinski definition) is 3. The Kier molecular flexibility index (Phi) is 5.81. The predicted molar refractivity (Wildman–Crippen MR) is 116 cm³/mol. The number of aryl methyl sites for hydroxylation is 1. The van der Waals surface area contributed by atoms with Gasteiger partial charge in [0.25, 0.3) is 0 Å². The lowest BCUT2D eigenvalue weighted by Crippen LogP contribution is -2.53. The molecule has 0 unspecified atom stereocenters. The van der Waals surface area contributed by atoms with Crippen molar-refractivity contribution < 1.29 is 4.79 Å². The standard InChI is InChI=1S/C23H34N4O2/c1-4-13-25-20-9-5-6-10-21(20)26(23(25)29)16-22(28)24-14-7-8-19(15-24)27-17(2)11-12-18(27)3/h5-6,9-10,17-19H,4,7-8,11-16H2,1-3H3/t17-,18-,19-/m0/s1. The van der Waals surface area contributed by atoms with Crippen LogP contribution in [-0.4, -0.2) is 56.1 Å². The number of hydrogen-bond donors (Lipinski definition) is 0. The molecule has 0 radical (unpaired) electrons. The molecule has 0 saturated carbocycles. The van der Waals surface area contributed by atoms with Crippen LogP contribution in [0.4, 0.5) is 0 Å². The molecule has 0 bridgehead atoms. The number of fused-ring (bicyclic) bond motifs is 1. The van der Waals surface area contributed by atoms with E-state index in [0.29, 0.717) is 24.7 Å². The van der Waals surface area contributed by atoms with Gasteiger partial charge in [-0.15, -0.1) is 0 Å². The van der Waals surface area contributed by atoms with E-state index in [-0.39, 0.29) is 18.1 Å². The second kappa shape index (κ2) is 8.34. The largest absolute Gasteiger partial charge is 0.340 e. The minimum Gasteiger partial charge on any atom is -0.340 e. The zero-order chi connectivity index (χ0) is 20.5. The van der Waals surface area contributed by atoms with Gasteiger partial charge in [0.2, 0.25) is 5.91 Å². The van der Waals surface area contributed by atoms with Gasteiger partial charge in [-0.05, 0) is 58.1 Å². The number of nitrogens with zero attached hydrogens (tertiary/aromatic N) is 4. The highest BCUT2D eigenvalue weighted by Gasteiger charge is 2.36. The third-order valence-electron chi connectivity index (χ3n) is 6.86. The van der Waals surface area contributed by atoms with Crippen molar-refractivity contribution in [2.45, 2.75) is 84.1 Å². The Labute approximate surface area is 173 Å². The van der Waals surface area contributed by atoms with E-state index in [0.717, 1.165) is 43.4 Å². The quantitative estimate of drug-likeness (QED) is 0.778. The summed E-state index contributed by atoms with van der Waals surface area (Å²) in [6, 6.07) is 9.45. The van der Waals surface area contributed by atoms with Crippen LogP contribution in [0.5, 0.6) is 0 Å². The van der Waals surface area contributed by atoms with E-state index in [2.05, 4.69) is 25.7 Å². The normalized spacial score (nSPS) is 25.8. The number of benzene rings is 1. The van der Waals surface area contributed by atoms with Gasteiger partial charge in [0.05, 0.1) is 11.0 Å². The Balaban J connectivity index is 1.54. The van der Waals surface area contributed by atoms with Crippen LogP contribution in [0.25, 0.3) is 11.0 Å². The van der Waals surface area contributed by atoms with E-state index in [1.807, 2.05) is 29.2 Å². The third-order valence-corrected chi connectivity index (χ3v) is 6.86. The van der Waals surface area contributed by atoms with Crippen LogP contribution in [0.2, 0.25) is 0 Å². The lowest BCUT2D eigenvalue weighted by Gasteiger charge is -2.41. The van der Waals surface area contributed by atoms with Crippen molar-refractivity contribution in [3.8, 4) is 0 Å². The van der Waals surface area contributed by atoms with Crippen molar-refractivity contribution in [3.63, 3.8) is 0 Å². The Morgan fingerprint density at radius 3 is 2.34 bits per heavy atom. The topological polar surface area (TPSA) is 50.5 Å². The van der Waals surface area contributed by atoms with Crippen LogP contribution in [0.15, 0.2) is 29.1 Å². The van der Waals surface area contributed by atoms with Gasteiger partial charge in [-0.1, -0.05) is 19.1 Å². The molecule has 4 rings (SSSR count). The summed E-state index contributed by atoms with van der Waals surface area (Å²) in [4.78, 5) is 30.8. The number of carbonyl (C=O) groups is 1. The first kappa shape index (κ1) is 20.2. The molecule has 3 heterocycles. The first-order valence-corrected chi connectivity index (χ1v) is 11.2. The Morgan fingerprint density at radius 1 is 1.03 bits per heavy atom. The summed E-state index contributed by atoms with van der Waals surface area (Å²) in [6.45, 7) is 9.09. The molecule has 0 spiro atoms. The first-order valence-electron chi connectivity index (χ1n) is 11.2. The number of amides is 1. The summed E-state index contributed by atoms with van der Waals surface area (Å²) in [5, 5.41) is 0. The van der Waals surface area contributed by atoms with Crippen molar-refractivity contribution in [1.29, 1.82) is 0 Å². The van der Waals surface area contributed by atoms with Gasteiger partial charge in [0.1, 0.15) is 6.54 Å². The molecule has 2 fully saturated rings. The molecule has 3 atom stereocenters. The first-order chi connectivity index (χ1) is 14.0. The van der Waals surface area contributed by atoms with Gasteiger partial charge in [-0.2, -0.15) is 0 Å². The lowest BCUT2D eigenvalue weighted by atomic mass is 10.0. The highest BCUT2D eigenvalue weighted by molar-refractivity contribution is 5.81. The minimum absolute atomic E-state index is 0.0655. The van der Waals surface area contributed by atoms with E-state index in [1.54, 1.807) is 9.13 Å². The molecular formula is C23H34N4O2. The molecule has 1 amide bonds. The van der Waals surface area contributed by atoms with Crippen LogP contribution >= 0.6 is 0 Å². The average Bonchev–Trinajstić information content (AvgIpc) is 3.20. The van der Waals surface area contributed by atoms with E-state index >= 15 is 0 Å². The van der Waals surface area contributed by atoms with Crippen LogP contribution in [-0.2, 0) is 17.9 Å². The van der Waals surface area contributed by atoms with E-state index in [9.17, 15) is 9.59 Å². The number of carbonyl (C=O) groups excluding carboxylic acids is 1. The van der Waals surface area contributed by atoms with Gasteiger partial charge >= 0.3 is 5.69 Å². The Hall–Kier alpha value is -2.08. The molecule has 1 aromatic heterocycles. The molecular weight excluding hydrogens is 364 g/mol. The predicted octanol–water partition coefficient (Wildman–Crippen LogP) is 3.08. The molecule has 29 heavy (non-hydrogen) atoms. The number of imidazole rings is 1. The van der Waals surface area contributed by atoms with Crippen LogP contribution in [0.1, 0.15) is 52.9 Å². The van der Waals surface area contributed by atoms with Crippen molar-refractivity contribution in [2.75, 3.05) is 13.1 Å². The molecule has 0 aliphatic carbocycles. The SMILES string of the molecule is CCCn1c(=O)n(CC(=O)N2CCC[C@H](N3[C@@H](C)CC[C@@H]3C)C2)c2ccccc21. The second-order valence-corrected chi connectivity index (χ2v) is 8.87. The second-order valence-electron chi connectivity index (χ2n) is 8.87. The summed E-state index contributed by atoms with van der Waals surface area (Å²) in [5.74, 6) is 0.0655. The van der Waals surface area contributed by atoms with Crippen molar-refractivity contribution in [2.24, 2.45) is 0 Å². The zero-order valence-corrected chi connectivity index (χ0v) is 18.0. The van der Waals surface area contributed by atoms with Crippen LogP contribution in [0, 0.1) is 0 Å². The molecule has 0 N–H and O–H groups in total. The number of rotatable bonds is 5. The number of piperidine rings is 1. The van der Waals surface area contributed by atoms with Gasteiger partial charge in [-0.25, -0.2) is 4.79 Å². The summed E-state index contributed by atoms with van der Waals surface area (Å²) in [5.41, 5.74) is 1.70. The fourth-order valence-electron chi connectivity index (χ4n) is 5.46. The van der Waals surface area contributed by atoms with Crippen LogP contribution < -0.4 is 5.69 Å². The minimum atomic E-state index is -0.0725. The van der Waals surface area contributed by atoms with Crippen LogP contribution in [0.3, 0.4) is 0 Å². The molecule has 6 nitrogen and oxygen atoms in total. The summed E-state index contributed by atoms with van der Waals surface area (Å²) in [6.07, 6.45) is 5.59. The maximum atomic E-state index is 13.2. The molecule has 2 aliphatic heterocycles. The van der Waals surface area contributed by atoms with Crippen molar-refractivity contribution in [1.82, 2.24) is 18.9 Å². The lowest BCUT2D eigenvalue weighted by molar-refractivity contribution is -0.134.